The van der Waals surface area contributed by atoms with Crippen molar-refractivity contribution in [2.24, 2.45) is 5.92 Å². The SMILES string of the molecule is CC\C=C/C(C#N)=C(C)/C=C\CC(C)[C@](C)(O)CC(=O)O. The summed E-state index contributed by atoms with van der Waals surface area (Å²) in [7, 11) is 0. The third-order valence-electron chi connectivity index (χ3n) is 3.49. The van der Waals surface area contributed by atoms with Crippen LogP contribution < -0.4 is 0 Å². The summed E-state index contributed by atoms with van der Waals surface area (Å²) in [6.45, 7) is 7.21. The van der Waals surface area contributed by atoms with Crippen LogP contribution in [-0.4, -0.2) is 21.8 Å². The molecule has 4 heteroatoms. The Bertz CT molecular complexity index is 479. The van der Waals surface area contributed by atoms with E-state index in [2.05, 4.69) is 6.07 Å². The van der Waals surface area contributed by atoms with Gasteiger partial charge in [-0.05, 0) is 44.3 Å². The molecule has 0 aromatic carbocycles. The van der Waals surface area contributed by atoms with E-state index < -0.39 is 11.6 Å². The number of aliphatic hydroxyl groups is 1. The maximum absolute atomic E-state index is 10.7. The van der Waals surface area contributed by atoms with Gasteiger partial charge in [0.2, 0.25) is 0 Å². The van der Waals surface area contributed by atoms with Gasteiger partial charge in [-0.2, -0.15) is 5.26 Å². The summed E-state index contributed by atoms with van der Waals surface area (Å²) in [6, 6.07) is 2.15. The third-order valence-corrected chi connectivity index (χ3v) is 3.49. The molecule has 0 spiro atoms. The number of hydrogen-bond donors (Lipinski definition) is 2. The van der Waals surface area contributed by atoms with E-state index in [1.54, 1.807) is 6.08 Å². The maximum atomic E-state index is 10.7. The van der Waals surface area contributed by atoms with E-state index in [1.807, 2.05) is 39.0 Å². The van der Waals surface area contributed by atoms with Crippen molar-refractivity contribution in [2.45, 2.75) is 52.6 Å². The first-order valence-corrected chi connectivity index (χ1v) is 7.12. The predicted molar refractivity (Wildman–Crippen MR) is 83.5 cm³/mol. The largest absolute Gasteiger partial charge is 0.481 e. The number of nitrogens with zero attached hydrogens (tertiary/aromatic N) is 1. The van der Waals surface area contributed by atoms with Gasteiger partial charge in [0, 0.05) is 0 Å². The molecule has 21 heavy (non-hydrogen) atoms. The maximum Gasteiger partial charge on any atom is 0.306 e. The van der Waals surface area contributed by atoms with E-state index in [1.165, 1.54) is 6.92 Å². The van der Waals surface area contributed by atoms with E-state index in [0.717, 1.165) is 12.0 Å². The summed E-state index contributed by atoms with van der Waals surface area (Å²) in [5.74, 6) is -1.20. The molecule has 0 aliphatic heterocycles. The number of nitriles is 1. The van der Waals surface area contributed by atoms with Crippen molar-refractivity contribution in [1.82, 2.24) is 0 Å². The molecule has 0 aromatic heterocycles. The van der Waals surface area contributed by atoms with E-state index in [4.69, 9.17) is 10.4 Å². The van der Waals surface area contributed by atoms with Gasteiger partial charge in [0.15, 0.2) is 0 Å². The van der Waals surface area contributed by atoms with Crippen molar-refractivity contribution in [3.63, 3.8) is 0 Å². The molecular formula is C17H25NO3. The number of rotatable bonds is 8. The topological polar surface area (TPSA) is 81.3 Å². The van der Waals surface area contributed by atoms with Crippen molar-refractivity contribution < 1.29 is 15.0 Å². The zero-order valence-electron chi connectivity index (χ0n) is 13.3. The summed E-state index contributed by atoms with van der Waals surface area (Å²) in [4.78, 5) is 10.7. The molecule has 0 saturated carbocycles. The van der Waals surface area contributed by atoms with Crippen LogP contribution in [0.15, 0.2) is 35.5 Å². The average molecular weight is 291 g/mol. The first kappa shape index (κ1) is 19.1. The quantitative estimate of drug-likeness (QED) is 0.529. The smallest absolute Gasteiger partial charge is 0.306 e. The molecule has 0 aliphatic carbocycles. The number of carboxylic acids is 1. The van der Waals surface area contributed by atoms with E-state index >= 15 is 0 Å². The number of allylic oxidation sites excluding steroid dienone is 6. The molecule has 2 atom stereocenters. The molecule has 0 fully saturated rings. The Hall–Kier alpha value is -1.86. The minimum Gasteiger partial charge on any atom is -0.481 e. The lowest BCUT2D eigenvalue weighted by atomic mass is 9.85. The Morgan fingerprint density at radius 3 is 2.48 bits per heavy atom. The summed E-state index contributed by atoms with van der Waals surface area (Å²) < 4.78 is 0. The molecular weight excluding hydrogens is 266 g/mol. The fourth-order valence-electron chi connectivity index (χ4n) is 1.77. The molecule has 0 aliphatic rings. The van der Waals surface area contributed by atoms with Crippen molar-refractivity contribution in [3.05, 3.63) is 35.5 Å². The molecule has 116 valence electrons. The van der Waals surface area contributed by atoms with Gasteiger partial charge >= 0.3 is 5.97 Å². The minimum absolute atomic E-state index is 0.186. The van der Waals surface area contributed by atoms with Gasteiger partial charge in [0.25, 0.3) is 0 Å². The first-order valence-electron chi connectivity index (χ1n) is 7.12. The molecule has 0 saturated heterocycles. The molecule has 0 aromatic rings. The Balaban J connectivity index is 4.77. The van der Waals surface area contributed by atoms with E-state index in [0.29, 0.717) is 12.0 Å². The molecule has 0 rings (SSSR count). The lowest BCUT2D eigenvalue weighted by molar-refractivity contribution is -0.143. The van der Waals surface area contributed by atoms with Crippen LogP contribution in [0.4, 0.5) is 0 Å². The van der Waals surface area contributed by atoms with Gasteiger partial charge in [-0.3, -0.25) is 4.79 Å². The number of aliphatic carboxylic acids is 1. The van der Waals surface area contributed by atoms with Crippen LogP contribution in [0.3, 0.4) is 0 Å². The highest BCUT2D eigenvalue weighted by atomic mass is 16.4. The van der Waals surface area contributed by atoms with Crippen LogP contribution in [0.2, 0.25) is 0 Å². The van der Waals surface area contributed by atoms with Crippen LogP contribution in [0.1, 0.15) is 47.0 Å². The van der Waals surface area contributed by atoms with Gasteiger partial charge in [-0.15, -0.1) is 0 Å². The first-order chi connectivity index (χ1) is 9.74. The van der Waals surface area contributed by atoms with Gasteiger partial charge in [0.1, 0.15) is 0 Å². The summed E-state index contributed by atoms with van der Waals surface area (Å²) in [6.07, 6.45) is 8.57. The predicted octanol–water partition coefficient (Wildman–Crippen LogP) is 3.60. The Kier molecular flexibility index (Phi) is 8.34. The summed E-state index contributed by atoms with van der Waals surface area (Å²) in [5, 5.41) is 27.9. The van der Waals surface area contributed by atoms with Crippen LogP contribution >= 0.6 is 0 Å². The highest BCUT2D eigenvalue weighted by Gasteiger charge is 2.30. The van der Waals surface area contributed by atoms with Gasteiger partial charge in [-0.25, -0.2) is 0 Å². The van der Waals surface area contributed by atoms with Gasteiger partial charge in [-0.1, -0.05) is 32.1 Å². The Morgan fingerprint density at radius 1 is 1.38 bits per heavy atom. The van der Waals surface area contributed by atoms with Crippen LogP contribution in [-0.2, 0) is 4.79 Å². The molecule has 0 heterocycles. The lowest BCUT2D eigenvalue weighted by Gasteiger charge is -2.27. The molecule has 0 bridgehead atoms. The van der Waals surface area contributed by atoms with Crippen molar-refractivity contribution >= 4 is 5.97 Å². The summed E-state index contributed by atoms with van der Waals surface area (Å²) >= 11 is 0. The summed E-state index contributed by atoms with van der Waals surface area (Å²) in [5.41, 5.74) is 0.221. The molecule has 2 N–H and O–H groups in total. The Labute approximate surface area is 127 Å². The number of carbonyl (C=O) groups is 1. The highest BCUT2D eigenvalue weighted by Crippen LogP contribution is 2.24. The third kappa shape index (κ3) is 7.48. The van der Waals surface area contributed by atoms with Crippen molar-refractivity contribution in [2.75, 3.05) is 0 Å². The number of carboxylic acid groups (broad SMARTS) is 1. The second kappa shape index (κ2) is 9.15. The zero-order valence-corrected chi connectivity index (χ0v) is 13.3. The second-order valence-corrected chi connectivity index (χ2v) is 5.49. The van der Waals surface area contributed by atoms with E-state index in [9.17, 15) is 9.90 Å². The van der Waals surface area contributed by atoms with Crippen molar-refractivity contribution in [1.29, 1.82) is 5.26 Å². The van der Waals surface area contributed by atoms with Crippen LogP contribution in [0.5, 0.6) is 0 Å². The average Bonchev–Trinajstić information content (AvgIpc) is 2.37. The van der Waals surface area contributed by atoms with Crippen molar-refractivity contribution in [3.8, 4) is 6.07 Å². The molecule has 1 unspecified atom stereocenters. The fourth-order valence-corrected chi connectivity index (χ4v) is 1.77. The molecule has 4 nitrogen and oxygen atoms in total. The second-order valence-electron chi connectivity index (χ2n) is 5.49. The minimum atomic E-state index is -1.24. The Morgan fingerprint density at radius 2 is 2.00 bits per heavy atom. The van der Waals surface area contributed by atoms with E-state index in [-0.39, 0.29) is 12.3 Å². The zero-order chi connectivity index (χ0) is 16.5. The van der Waals surface area contributed by atoms with Crippen LogP contribution in [0.25, 0.3) is 0 Å². The van der Waals surface area contributed by atoms with Gasteiger partial charge < -0.3 is 10.2 Å². The molecule has 0 amide bonds. The lowest BCUT2D eigenvalue weighted by Crippen LogP contribution is -2.35. The monoisotopic (exact) mass is 291 g/mol. The standard InChI is InChI=1S/C17H25NO3/c1-5-6-10-15(12-18)13(2)8-7-9-14(3)17(4,21)11-16(19)20/h6-8,10,14,21H,5,9,11H2,1-4H3,(H,19,20)/b8-7-,10-6-,15-13-/t14?,17-/m1/s1. The van der Waals surface area contributed by atoms with Gasteiger partial charge in [0.05, 0.1) is 23.7 Å². The number of hydrogen-bond acceptors (Lipinski definition) is 3. The fraction of sp³-hybridized carbons (Fsp3) is 0.529. The normalized spacial score (nSPS) is 17.3. The van der Waals surface area contributed by atoms with Crippen LogP contribution in [0, 0.1) is 17.2 Å². The highest BCUT2D eigenvalue weighted by molar-refractivity contribution is 5.68. The molecule has 0 radical (unpaired) electrons.